The molecule has 0 radical (unpaired) electrons. The maximum Gasteiger partial charge on any atom is 0.410 e. The van der Waals surface area contributed by atoms with Crippen LogP contribution in [0.1, 0.15) is 12.0 Å². The van der Waals surface area contributed by atoms with Gasteiger partial charge in [0.05, 0.1) is 12.9 Å². The average Bonchev–Trinajstić information content (AvgIpc) is 3.30. The van der Waals surface area contributed by atoms with E-state index in [0.29, 0.717) is 13.1 Å². The van der Waals surface area contributed by atoms with Crippen LogP contribution in [-0.2, 0) is 22.6 Å². The fraction of sp³-hybridized carbons (Fsp3) is 0.389. The van der Waals surface area contributed by atoms with E-state index >= 15 is 0 Å². The van der Waals surface area contributed by atoms with E-state index in [1.54, 1.807) is 24.3 Å². The van der Waals surface area contributed by atoms with Crippen LogP contribution in [0.25, 0.3) is 0 Å². The molecule has 1 saturated heterocycles. The van der Waals surface area contributed by atoms with E-state index in [9.17, 15) is 9.59 Å². The molecule has 1 N–H and O–H groups in total. The molecule has 8 heteroatoms. The van der Waals surface area contributed by atoms with E-state index in [-0.39, 0.29) is 12.5 Å². The SMILES string of the molecule is CSc1ccc(CN2C(=O)OC[C@H]2C(=O)NCCCn2ccnc2)cc1. The number of amides is 2. The number of nitrogens with zero attached hydrogens (tertiary/aromatic N) is 3. The van der Waals surface area contributed by atoms with Gasteiger partial charge in [-0.05, 0) is 30.4 Å². The summed E-state index contributed by atoms with van der Waals surface area (Å²) in [7, 11) is 0. The second-order valence-electron chi connectivity index (χ2n) is 6.01. The van der Waals surface area contributed by atoms with Crippen LogP contribution in [-0.4, -0.2) is 51.9 Å². The van der Waals surface area contributed by atoms with Gasteiger partial charge in [-0.2, -0.15) is 0 Å². The molecule has 26 heavy (non-hydrogen) atoms. The Morgan fingerprint density at radius 1 is 1.38 bits per heavy atom. The van der Waals surface area contributed by atoms with Gasteiger partial charge in [-0.25, -0.2) is 9.78 Å². The van der Waals surface area contributed by atoms with Crippen molar-refractivity contribution in [3.05, 3.63) is 48.5 Å². The topological polar surface area (TPSA) is 76.5 Å². The minimum atomic E-state index is -0.587. The van der Waals surface area contributed by atoms with Gasteiger partial charge < -0.3 is 14.6 Å². The molecule has 1 aromatic carbocycles. The number of rotatable bonds is 8. The minimum Gasteiger partial charge on any atom is -0.447 e. The first-order chi connectivity index (χ1) is 12.7. The normalized spacial score (nSPS) is 16.6. The Bertz CT molecular complexity index is 733. The molecule has 0 bridgehead atoms. The molecule has 1 aromatic heterocycles. The standard InChI is InChI=1S/C18H22N4O3S/c1-26-15-5-3-14(4-6-15)11-22-16(12-25-18(22)24)17(23)20-7-2-9-21-10-8-19-13-21/h3-6,8,10,13,16H,2,7,9,11-12H2,1H3,(H,20,23)/t16-/m0/s1. The van der Waals surface area contributed by atoms with Crippen molar-refractivity contribution in [1.82, 2.24) is 19.8 Å². The molecule has 2 aromatic rings. The Morgan fingerprint density at radius 2 is 2.19 bits per heavy atom. The first-order valence-electron chi connectivity index (χ1n) is 8.47. The molecule has 138 valence electrons. The molecule has 7 nitrogen and oxygen atoms in total. The van der Waals surface area contributed by atoms with E-state index in [1.165, 1.54) is 4.90 Å². The predicted molar refractivity (Wildman–Crippen MR) is 98.8 cm³/mol. The van der Waals surface area contributed by atoms with Gasteiger partial charge in [0.15, 0.2) is 0 Å². The molecule has 0 spiro atoms. The highest BCUT2D eigenvalue weighted by molar-refractivity contribution is 7.98. The lowest BCUT2D eigenvalue weighted by atomic mass is 10.2. The molecule has 0 aliphatic carbocycles. The zero-order valence-corrected chi connectivity index (χ0v) is 15.4. The summed E-state index contributed by atoms with van der Waals surface area (Å²) in [5.41, 5.74) is 0.972. The molecule has 1 atom stereocenters. The first-order valence-corrected chi connectivity index (χ1v) is 9.69. The lowest BCUT2D eigenvalue weighted by Crippen LogP contribution is -2.45. The summed E-state index contributed by atoms with van der Waals surface area (Å²) < 4.78 is 7.05. The van der Waals surface area contributed by atoms with Crippen molar-refractivity contribution < 1.29 is 14.3 Å². The fourth-order valence-corrected chi connectivity index (χ4v) is 3.19. The predicted octanol–water partition coefficient (Wildman–Crippen LogP) is 2.13. The Kier molecular flexibility index (Phi) is 6.17. The Hall–Kier alpha value is -2.48. The van der Waals surface area contributed by atoms with Crippen molar-refractivity contribution >= 4 is 23.8 Å². The molecular formula is C18H22N4O3S. The number of cyclic esters (lactones) is 1. The highest BCUT2D eigenvalue weighted by Crippen LogP contribution is 2.19. The van der Waals surface area contributed by atoms with E-state index in [2.05, 4.69) is 10.3 Å². The van der Waals surface area contributed by atoms with Gasteiger partial charge in [-0.15, -0.1) is 11.8 Å². The fourth-order valence-electron chi connectivity index (χ4n) is 2.78. The molecule has 1 aliphatic rings. The van der Waals surface area contributed by atoms with Crippen molar-refractivity contribution in [3.63, 3.8) is 0 Å². The van der Waals surface area contributed by atoms with Crippen LogP contribution in [0.5, 0.6) is 0 Å². The second kappa shape index (κ2) is 8.75. The van der Waals surface area contributed by atoms with E-state index < -0.39 is 12.1 Å². The number of benzene rings is 1. The Morgan fingerprint density at radius 3 is 2.88 bits per heavy atom. The van der Waals surface area contributed by atoms with E-state index in [1.807, 2.05) is 41.3 Å². The van der Waals surface area contributed by atoms with Crippen molar-refractivity contribution in [2.75, 3.05) is 19.4 Å². The summed E-state index contributed by atoms with van der Waals surface area (Å²) in [5, 5.41) is 2.89. The number of carbonyl (C=O) groups excluding carboxylic acids is 2. The number of aryl methyl sites for hydroxylation is 1. The number of ether oxygens (including phenoxy) is 1. The van der Waals surface area contributed by atoms with E-state index in [4.69, 9.17) is 4.74 Å². The zero-order chi connectivity index (χ0) is 18.4. The largest absolute Gasteiger partial charge is 0.447 e. The molecule has 1 fully saturated rings. The number of hydrogen-bond acceptors (Lipinski definition) is 5. The summed E-state index contributed by atoms with van der Waals surface area (Å²) in [4.78, 5) is 31.1. The molecule has 2 heterocycles. The van der Waals surface area contributed by atoms with Crippen LogP contribution >= 0.6 is 11.8 Å². The highest BCUT2D eigenvalue weighted by Gasteiger charge is 2.37. The van der Waals surface area contributed by atoms with Gasteiger partial charge in [0.25, 0.3) is 0 Å². The van der Waals surface area contributed by atoms with Gasteiger partial charge in [0, 0.05) is 30.4 Å². The Labute approximate surface area is 156 Å². The molecule has 0 saturated carbocycles. The lowest BCUT2D eigenvalue weighted by Gasteiger charge is -2.21. The quantitative estimate of drug-likeness (QED) is 0.566. The van der Waals surface area contributed by atoms with Crippen LogP contribution in [0.3, 0.4) is 0 Å². The summed E-state index contributed by atoms with van der Waals surface area (Å²) in [5.74, 6) is -0.179. The average molecular weight is 374 g/mol. The van der Waals surface area contributed by atoms with Crippen molar-refractivity contribution in [1.29, 1.82) is 0 Å². The third-order valence-electron chi connectivity index (χ3n) is 4.24. The molecule has 2 amide bonds. The van der Waals surface area contributed by atoms with Gasteiger partial charge in [0.2, 0.25) is 5.91 Å². The number of aromatic nitrogens is 2. The Balaban J connectivity index is 1.51. The number of hydrogen-bond donors (Lipinski definition) is 1. The van der Waals surface area contributed by atoms with Gasteiger partial charge >= 0.3 is 6.09 Å². The zero-order valence-electron chi connectivity index (χ0n) is 14.6. The maximum absolute atomic E-state index is 12.4. The van der Waals surface area contributed by atoms with Crippen molar-refractivity contribution in [2.45, 2.75) is 30.4 Å². The summed E-state index contributed by atoms with van der Waals surface area (Å²) >= 11 is 1.66. The van der Waals surface area contributed by atoms with Gasteiger partial charge in [-0.1, -0.05) is 12.1 Å². The highest BCUT2D eigenvalue weighted by atomic mass is 32.2. The monoisotopic (exact) mass is 374 g/mol. The lowest BCUT2D eigenvalue weighted by molar-refractivity contribution is -0.125. The van der Waals surface area contributed by atoms with Gasteiger partial charge in [-0.3, -0.25) is 9.69 Å². The number of nitrogens with one attached hydrogen (secondary N) is 1. The van der Waals surface area contributed by atoms with Crippen LogP contribution in [0.2, 0.25) is 0 Å². The van der Waals surface area contributed by atoms with Crippen LogP contribution in [0, 0.1) is 0 Å². The van der Waals surface area contributed by atoms with E-state index in [0.717, 1.165) is 23.4 Å². The summed E-state index contributed by atoms with van der Waals surface area (Å²) in [6.45, 7) is 1.78. The van der Waals surface area contributed by atoms with Crippen molar-refractivity contribution in [2.24, 2.45) is 0 Å². The molecule has 0 unspecified atom stereocenters. The third kappa shape index (κ3) is 4.57. The summed E-state index contributed by atoms with van der Waals surface area (Å²) in [6, 6.07) is 7.37. The van der Waals surface area contributed by atoms with Crippen LogP contribution < -0.4 is 5.32 Å². The van der Waals surface area contributed by atoms with Crippen molar-refractivity contribution in [3.8, 4) is 0 Å². The smallest absolute Gasteiger partial charge is 0.410 e. The second-order valence-corrected chi connectivity index (χ2v) is 6.89. The first kappa shape index (κ1) is 18.3. The molecule has 1 aliphatic heterocycles. The summed E-state index contributed by atoms with van der Waals surface area (Å²) in [6.07, 6.45) is 7.71. The van der Waals surface area contributed by atoms with Crippen LogP contribution in [0.4, 0.5) is 4.79 Å². The third-order valence-corrected chi connectivity index (χ3v) is 4.99. The maximum atomic E-state index is 12.4. The van der Waals surface area contributed by atoms with Gasteiger partial charge in [0.1, 0.15) is 12.6 Å². The number of carbonyl (C=O) groups is 2. The molecule has 3 rings (SSSR count). The van der Waals surface area contributed by atoms with Crippen LogP contribution in [0.15, 0.2) is 47.9 Å². The minimum absolute atomic E-state index is 0.0923. The molecular weight excluding hydrogens is 352 g/mol. The number of imidazole rings is 1. The number of thioether (sulfide) groups is 1.